The molecule has 5 rings (SSSR count). The molecule has 0 unspecified atom stereocenters. The maximum Gasteiger partial charge on any atom is 0.213 e. The molecule has 27 heavy (non-hydrogen) atoms. The fourth-order valence-corrected chi connectivity index (χ4v) is 4.58. The summed E-state index contributed by atoms with van der Waals surface area (Å²) in [5.41, 5.74) is 8.55. The van der Waals surface area contributed by atoms with Gasteiger partial charge in [-0.25, -0.2) is 0 Å². The van der Waals surface area contributed by atoms with E-state index >= 15 is 0 Å². The van der Waals surface area contributed by atoms with Gasteiger partial charge in [-0.1, -0.05) is 39.8 Å². The van der Waals surface area contributed by atoms with Crippen LogP contribution < -0.4 is 9.30 Å². The van der Waals surface area contributed by atoms with Crippen molar-refractivity contribution >= 4 is 10.8 Å². The fourth-order valence-electron chi connectivity index (χ4n) is 4.58. The van der Waals surface area contributed by atoms with Crippen molar-refractivity contribution in [2.24, 2.45) is 0 Å². The van der Waals surface area contributed by atoms with Gasteiger partial charge in [-0.2, -0.15) is 4.57 Å². The van der Waals surface area contributed by atoms with Crippen LogP contribution in [0.3, 0.4) is 0 Å². The highest BCUT2D eigenvalue weighted by atomic mass is 16.5. The second-order valence-electron chi connectivity index (χ2n) is 7.23. The maximum absolute atomic E-state index is 5.77. The van der Waals surface area contributed by atoms with Gasteiger partial charge in [0.05, 0.1) is 12.2 Å². The first-order valence-corrected chi connectivity index (χ1v) is 10.6. The number of pyridine rings is 1. The third-order valence-electron chi connectivity index (χ3n) is 5.92. The summed E-state index contributed by atoms with van der Waals surface area (Å²) in [5, 5.41) is 2.79. The van der Waals surface area contributed by atoms with E-state index in [1.54, 1.807) is 0 Å². The Labute approximate surface area is 162 Å². The first-order chi connectivity index (χ1) is 13.3. The summed E-state index contributed by atoms with van der Waals surface area (Å²) in [7, 11) is 0. The molecule has 0 spiro atoms. The fraction of sp³-hybridized carbons (Fsp3) is 0.400. The first kappa shape index (κ1) is 18.0. The molecule has 0 amide bonds. The molecule has 2 nitrogen and oxygen atoms in total. The minimum Gasteiger partial charge on any atom is -0.493 e. The van der Waals surface area contributed by atoms with Crippen LogP contribution in [-0.2, 0) is 32.2 Å². The molecule has 1 aromatic heterocycles. The molecule has 3 heterocycles. The summed E-state index contributed by atoms with van der Waals surface area (Å²) in [4.78, 5) is 0. The molecule has 2 aliphatic heterocycles. The summed E-state index contributed by atoms with van der Waals surface area (Å²) in [6.45, 7) is 10.4. The van der Waals surface area contributed by atoms with E-state index < -0.39 is 0 Å². The third-order valence-corrected chi connectivity index (χ3v) is 5.92. The zero-order valence-corrected chi connectivity index (χ0v) is 17.1. The summed E-state index contributed by atoms with van der Waals surface area (Å²) in [6, 6.07) is 11.7. The Hall–Kier alpha value is -2.35. The van der Waals surface area contributed by atoms with Crippen molar-refractivity contribution in [1.82, 2.24) is 0 Å². The lowest BCUT2D eigenvalue weighted by Gasteiger charge is -2.18. The molecule has 0 bridgehead atoms. The highest BCUT2D eigenvalue weighted by Gasteiger charge is 2.27. The molecule has 0 fully saturated rings. The van der Waals surface area contributed by atoms with E-state index in [0.29, 0.717) is 0 Å². The predicted octanol–water partition coefficient (Wildman–Crippen LogP) is 5.44. The number of hydrogen-bond donors (Lipinski definition) is 0. The van der Waals surface area contributed by atoms with Gasteiger partial charge in [0.15, 0.2) is 12.7 Å². The predicted molar refractivity (Wildman–Crippen MR) is 113 cm³/mol. The van der Waals surface area contributed by atoms with Gasteiger partial charge in [0.25, 0.3) is 0 Å². The summed E-state index contributed by atoms with van der Waals surface area (Å²) < 4.78 is 8.24. The molecule has 140 valence electrons. The zero-order chi connectivity index (χ0) is 19.0. The summed E-state index contributed by atoms with van der Waals surface area (Å²) in [5.74, 6) is 1.11. The monoisotopic (exact) mass is 360 g/mol. The van der Waals surface area contributed by atoms with Gasteiger partial charge >= 0.3 is 0 Å². The number of ether oxygens (including phenoxy) is 1. The Bertz CT molecular complexity index is 1000. The normalized spacial score (nSPS) is 13.9. The van der Waals surface area contributed by atoms with Gasteiger partial charge in [-0.15, -0.1) is 0 Å². The molecule has 0 aliphatic carbocycles. The number of hydrogen-bond acceptors (Lipinski definition) is 1. The standard InChI is InChI=1S/C23H24NO.C2H6/c1-3-15-5-6-16-12-22-20-11-18-8-10-25-23(18)13-17(20)7-9-24(22)14-21(16)19(15)4-2;1-2/h5-6,11-14H,3-4,7-10H2,1-2H3;1-2H3/q+1;. The average molecular weight is 361 g/mol. The van der Waals surface area contributed by atoms with E-state index in [-0.39, 0.29) is 0 Å². The SMILES string of the molecule is CC.CCc1ccc2cc3[n+](cc2c1CC)CCc1cc2c(cc1-3)CCO2. The lowest BCUT2D eigenvalue weighted by atomic mass is 9.91. The molecule has 0 saturated carbocycles. The Morgan fingerprint density at radius 3 is 2.59 bits per heavy atom. The minimum absolute atomic E-state index is 0.829. The van der Waals surface area contributed by atoms with Crippen molar-refractivity contribution in [3.8, 4) is 17.0 Å². The summed E-state index contributed by atoms with van der Waals surface area (Å²) in [6.07, 6.45) is 6.73. The highest BCUT2D eigenvalue weighted by Crippen LogP contribution is 2.36. The van der Waals surface area contributed by atoms with Crippen molar-refractivity contribution in [1.29, 1.82) is 0 Å². The van der Waals surface area contributed by atoms with Crippen LogP contribution in [0.5, 0.6) is 5.75 Å². The maximum atomic E-state index is 5.77. The Balaban J connectivity index is 0.000000872. The van der Waals surface area contributed by atoms with Gasteiger partial charge in [-0.3, -0.25) is 0 Å². The number of rotatable bonds is 2. The molecule has 0 saturated heterocycles. The van der Waals surface area contributed by atoms with E-state index in [4.69, 9.17) is 4.74 Å². The average Bonchev–Trinajstić information content (AvgIpc) is 3.18. The van der Waals surface area contributed by atoms with Crippen LogP contribution in [0.15, 0.2) is 36.5 Å². The van der Waals surface area contributed by atoms with Crippen LogP contribution in [0.1, 0.15) is 49.9 Å². The van der Waals surface area contributed by atoms with Crippen molar-refractivity contribution in [2.75, 3.05) is 6.61 Å². The van der Waals surface area contributed by atoms with Gasteiger partial charge in [0.1, 0.15) is 5.75 Å². The van der Waals surface area contributed by atoms with E-state index in [9.17, 15) is 0 Å². The van der Waals surface area contributed by atoms with Crippen LogP contribution in [0.4, 0.5) is 0 Å². The van der Waals surface area contributed by atoms with Gasteiger partial charge in [-0.05, 0) is 52.6 Å². The lowest BCUT2D eigenvalue weighted by molar-refractivity contribution is -0.686. The van der Waals surface area contributed by atoms with Gasteiger partial charge < -0.3 is 4.74 Å². The lowest BCUT2D eigenvalue weighted by Crippen LogP contribution is -2.40. The van der Waals surface area contributed by atoms with Crippen LogP contribution in [0, 0.1) is 0 Å². The third kappa shape index (κ3) is 2.92. The number of nitrogens with zero attached hydrogens (tertiary/aromatic N) is 1. The van der Waals surface area contributed by atoms with E-state index in [2.05, 4.69) is 54.9 Å². The van der Waals surface area contributed by atoms with E-state index in [1.807, 2.05) is 13.8 Å². The van der Waals surface area contributed by atoms with E-state index in [1.165, 1.54) is 44.3 Å². The van der Waals surface area contributed by atoms with Gasteiger partial charge in [0, 0.05) is 24.3 Å². The molecule has 2 heteroatoms. The number of fused-ring (bicyclic) bond motifs is 5. The molecule has 0 N–H and O–H groups in total. The topological polar surface area (TPSA) is 13.1 Å². The van der Waals surface area contributed by atoms with Crippen LogP contribution >= 0.6 is 0 Å². The minimum atomic E-state index is 0.829. The van der Waals surface area contributed by atoms with E-state index in [0.717, 1.165) is 44.6 Å². The molecular formula is C25H30NO+. The van der Waals surface area contributed by atoms with Crippen LogP contribution in [0.2, 0.25) is 0 Å². The Morgan fingerprint density at radius 2 is 1.81 bits per heavy atom. The van der Waals surface area contributed by atoms with Crippen molar-refractivity contribution < 1.29 is 9.30 Å². The largest absolute Gasteiger partial charge is 0.493 e. The quantitative estimate of drug-likeness (QED) is 0.555. The molecule has 2 aliphatic rings. The molecule has 0 radical (unpaired) electrons. The first-order valence-electron chi connectivity index (χ1n) is 10.6. The van der Waals surface area contributed by atoms with Crippen molar-refractivity contribution in [3.05, 3.63) is 58.8 Å². The molecule has 2 aromatic carbocycles. The molecule has 0 atom stereocenters. The Morgan fingerprint density at radius 1 is 0.963 bits per heavy atom. The van der Waals surface area contributed by atoms with Crippen LogP contribution in [-0.4, -0.2) is 6.61 Å². The number of aromatic nitrogens is 1. The Kier molecular flexibility index (Phi) is 4.90. The van der Waals surface area contributed by atoms with Gasteiger partial charge in [0.2, 0.25) is 5.69 Å². The number of benzene rings is 2. The molecular weight excluding hydrogens is 330 g/mol. The number of aryl methyl sites for hydroxylation is 4. The smallest absolute Gasteiger partial charge is 0.213 e. The second kappa shape index (κ2) is 7.34. The molecule has 3 aromatic rings. The van der Waals surface area contributed by atoms with Crippen molar-refractivity contribution in [2.45, 2.75) is 59.9 Å². The highest BCUT2D eigenvalue weighted by molar-refractivity contribution is 5.88. The second-order valence-corrected chi connectivity index (χ2v) is 7.23. The van der Waals surface area contributed by atoms with Crippen LogP contribution in [0.25, 0.3) is 22.0 Å². The van der Waals surface area contributed by atoms with Crippen molar-refractivity contribution in [3.63, 3.8) is 0 Å². The summed E-state index contributed by atoms with van der Waals surface area (Å²) >= 11 is 0. The zero-order valence-electron chi connectivity index (χ0n) is 17.1.